The smallest absolute Gasteiger partial charge is 0.303 e. The SMILES string of the molecule is CCCCCNC(=S)C(C)C(=O)NC[C@H]1[C@@H](C/C=C\CCCC(=O)O)[C@H]2CC[C@@H]1O2. The number of carbonyl (C=O) groups is 2. The van der Waals surface area contributed by atoms with Gasteiger partial charge in [0.05, 0.1) is 23.1 Å². The molecule has 6 nitrogen and oxygen atoms in total. The first-order valence-corrected chi connectivity index (χ1v) is 11.9. The fourth-order valence-electron chi connectivity index (χ4n) is 4.45. The van der Waals surface area contributed by atoms with Gasteiger partial charge in [-0.1, -0.05) is 44.1 Å². The van der Waals surface area contributed by atoms with E-state index in [0.717, 1.165) is 51.5 Å². The van der Waals surface area contributed by atoms with Crippen molar-refractivity contribution in [2.24, 2.45) is 17.8 Å². The van der Waals surface area contributed by atoms with Gasteiger partial charge in [-0.25, -0.2) is 0 Å². The summed E-state index contributed by atoms with van der Waals surface area (Å²) in [6, 6.07) is 0. The Balaban J connectivity index is 1.75. The van der Waals surface area contributed by atoms with E-state index in [9.17, 15) is 9.59 Å². The molecule has 0 aromatic carbocycles. The fraction of sp³-hybridized carbons (Fsp3) is 0.783. The molecule has 2 bridgehead atoms. The quantitative estimate of drug-likeness (QED) is 0.217. The molecule has 2 aliphatic rings. The molecule has 1 amide bonds. The summed E-state index contributed by atoms with van der Waals surface area (Å²) in [5.41, 5.74) is 0. The van der Waals surface area contributed by atoms with Crippen LogP contribution in [-0.4, -0.2) is 47.3 Å². The van der Waals surface area contributed by atoms with E-state index in [1.54, 1.807) is 0 Å². The summed E-state index contributed by atoms with van der Waals surface area (Å²) < 4.78 is 6.12. The molecule has 1 unspecified atom stereocenters. The molecule has 0 spiro atoms. The van der Waals surface area contributed by atoms with Gasteiger partial charge in [-0.05, 0) is 51.4 Å². The topological polar surface area (TPSA) is 87.7 Å². The number of carboxylic acids is 1. The maximum atomic E-state index is 12.6. The highest BCUT2D eigenvalue weighted by atomic mass is 32.1. The molecule has 0 aliphatic carbocycles. The van der Waals surface area contributed by atoms with E-state index >= 15 is 0 Å². The Hall–Kier alpha value is -1.47. The lowest BCUT2D eigenvalue weighted by molar-refractivity contribution is -0.137. The number of fused-ring (bicyclic) bond motifs is 2. The summed E-state index contributed by atoms with van der Waals surface area (Å²) in [6.45, 7) is 5.47. The molecule has 2 saturated heterocycles. The van der Waals surface area contributed by atoms with Gasteiger partial charge in [0.15, 0.2) is 0 Å². The minimum Gasteiger partial charge on any atom is -0.481 e. The Morgan fingerprint density at radius 2 is 1.87 bits per heavy atom. The number of ether oxygens (including phenoxy) is 1. The number of hydrogen-bond acceptors (Lipinski definition) is 4. The average Bonchev–Trinajstić information content (AvgIpc) is 3.32. The van der Waals surface area contributed by atoms with Gasteiger partial charge in [0.25, 0.3) is 0 Å². The summed E-state index contributed by atoms with van der Waals surface area (Å²) in [4.78, 5) is 23.8. The molecule has 2 rings (SSSR count). The lowest BCUT2D eigenvalue weighted by atomic mass is 9.77. The van der Waals surface area contributed by atoms with Gasteiger partial charge in [-0.2, -0.15) is 0 Å². The highest BCUT2D eigenvalue weighted by Gasteiger charge is 2.48. The predicted molar refractivity (Wildman–Crippen MR) is 122 cm³/mol. The second-order valence-electron chi connectivity index (χ2n) is 8.58. The number of unbranched alkanes of at least 4 members (excludes halogenated alkanes) is 3. The molecule has 0 radical (unpaired) electrons. The third kappa shape index (κ3) is 7.65. The molecule has 5 atom stereocenters. The molecule has 0 aromatic heterocycles. The Labute approximate surface area is 186 Å². The molecule has 7 heteroatoms. The highest BCUT2D eigenvalue weighted by Crippen LogP contribution is 2.44. The Morgan fingerprint density at radius 3 is 2.57 bits per heavy atom. The van der Waals surface area contributed by atoms with E-state index in [-0.39, 0.29) is 30.5 Å². The number of carboxylic acid groups (broad SMARTS) is 1. The summed E-state index contributed by atoms with van der Waals surface area (Å²) in [7, 11) is 0. The number of amides is 1. The number of aliphatic carboxylic acids is 1. The number of carbonyl (C=O) groups excluding carboxylic acids is 1. The van der Waals surface area contributed by atoms with Crippen molar-refractivity contribution in [2.75, 3.05) is 13.1 Å². The third-order valence-corrected chi connectivity index (χ3v) is 6.80. The Kier molecular flexibility index (Phi) is 10.8. The summed E-state index contributed by atoms with van der Waals surface area (Å²) in [5.74, 6) is -0.350. The van der Waals surface area contributed by atoms with Gasteiger partial charge >= 0.3 is 5.97 Å². The zero-order valence-corrected chi connectivity index (χ0v) is 19.2. The van der Waals surface area contributed by atoms with Crippen LogP contribution >= 0.6 is 12.2 Å². The van der Waals surface area contributed by atoms with Gasteiger partial charge in [-0.15, -0.1) is 0 Å². The molecule has 2 aliphatic heterocycles. The lowest BCUT2D eigenvalue weighted by Gasteiger charge is -2.28. The van der Waals surface area contributed by atoms with Crippen LogP contribution in [0.25, 0.3) is 0 Å². The maximum absolute atomic E-state index is 12.6. The van der Waals surface area contributed by atoms with Crippen LogP contribution in [0.15, 0.2) is 12.2 Å². The van der Waals surface area contributed by atoms with Crippen LogP contribution in [0.5, 0.6) is 0 Å². The van der Waals surface area contributed by atoms with Crippen LogP contribution in [0.1, 0.15) is 71.6 Å². The Bertz CT molecular complexity index is 610. The monoisotopic (exact) mass is 438 g/mol. The molecule has 2 heterocycles. The molecule has 3 N–H and O–H groups in total. The second-order valence-corrected chi connectivity index (χ2v) is 9.02. The summed E-state index contributed by atoms with van der Waals surface area (Å²) in [5, 5.41) is 15.0. The van der Waals surface area contributed by atoms with Crippen LogP contribution in [0, 0.1) is 17.8 Å². The normalized spacial score (nSPS) is 26.1. The van der Waals surface area contributed by atoms with Gasteiger partial charge in [0.1, 0.15) is 0 Å². The zero-order valence-electron chi connectivity index (χ0n) is 18.4. The van der Waals surface area contributed by atoms with Gasteiger partial charge < -0.3 is 20.5 Å². The largest absolute Gasteiger partial charge is 0.481 e. The molecule has 0 saturated carbocycles. The van der Waals surface area contributed by atoms with Gasteiger partial charge in [0.2, 0.25) is 5.91 Å². The van der Waals surface area contributed by atoms with E-state index in [1.165, 1.54) is 0 Å². The van der Waals surface area contributed by atoms with E-state index < -0.39 is 5.97 Å². The van der Waals surface area contributed by atoms with Crippen molar-refractivity contribution < 1.29 is 19.4 Å². The van der Waals surface area contributed by atoms with Crippen LogP contribution in [0.4, 0.5) is 0 Å². The van der Waals surface area contributed by atoms with E-state index in [4.69, 9.17) is 22.1 Å². The number of nitrogens with one attached hydrogen (secondary N) is 2. The van der Waals surface area contributed by atoms with Gasteiger partial charge in [-0.3, -0.25) is 9.59 Å². The Morgan fingerprint density at radius 1 is 1.13 bits per heavy atom. The second kappa shape index (κ2) is 13.1. The van der Waals surface area contributed by atoms with Crippen LogP contribution in [0.2, 0.25) is 0 Å². The minimum atomic E-state index is -0.745. The summed E-state index contributed by atoms with van der Waals surface area (Å²) in [6.07, 6.45) is 12.9. The number of rotatable bonds is 14. The first-order valence-electron chi connectivity index (χ1n) is 11.5. The zero-order chi connectivity index (χ0) is 21.9. The first-order chi connectivity index (χ1) is 14.4. The molecule has 0 aromatic rings. The molecular formula is C23H38N2O4S. The predicted octanol–water partition coefficient (Wildman–Crippen LogP) is 3.84. The van der Waals surface area contributed by atoms with E-state index in [2.05, 4.69) is 29.7 Å². The van der Waals surface area contributed by atoms with Crippen molar-refractivity contribution in [3.63, 3.8) is 0 Å². The standard InChI is InChI=1S/C23H38N2O4S/c1-3-4-9-14-24-23(30)16(2)22(28)25-15-18-17(19-12-13-20(18)29-19)10-7-5-6-8-11-21(26)27/h5,7,16-20H,3-4,6,8-15H2,1-2H3,(H,24,30)(H,25,28)(H,26,27)/b7-5-/t16?,17-,18+,19-,20+/m1/s1. The fourth-order valence-corrected chi connectivity index (χ4v) is 4.66. The molecule has 30 heavy (non-hydrogen) atoms. The van der Waals surface area contributed by atoms with Gasteiger partial charge in [0, 0.05) is 25.4 Å². The minimum absolute atomic E-state index is 0.0197. The van der Waals surface area contributed by atoms with Crippen molar-refractivity contribution in [3.8, 4) is 0 Å². The number of allylic oxidation sites excluding steroid dienone is 2. The maximum Gasteiger partial charge on any atom is 0.303 e. The van der Waals surface area contributed by atoms with Crippen molar-refractivity contribution in [1.29, 1.82) is 0 Å². The van der Waals surface area contributed by atoms with Crippen molar-refractivity contribution >= 4 is 29.1 Å². The average molecular weight is 439 g/mol. The molecular weight excluding hydrogens is 400 g/mol. The van der Waals surface area contributed by atoms with E-state index in [0.29, 0.717) is 29.8 Å². The van der Waals surface area contributed by atoms with Crippen molar-refractivity contribution in [3.05, 3.63) is 12.2 Å². The third-order valence-electron chi connectivity index (χ3n) is 6.30. The molecule has 170 valence electrons. The molecule has 2 fully saturated rings. The van der Waals surface area contributed by atoms with E-state index in [1.807, 2.05) is 6.92 Å². The first kappa shape index (κ1) is 24.8. The lowest BCUT2D eigenvalue weighted by Crippen LogP contribution is -2.43. The number of thiocarbonyl (C=S) groups is 1. The van der Waals surface area contributed by atoms with Crippen LogP contribution in [0.3, 0.4) is 0 Å². The highest BCUT2D eigenvalue weighted by molar-refractivity contribution is 7.80. The number of hydrogen-bond donors (Lipinski definition) is 3. The van der Waals surface area contributed by atoms with Crippen molar-refractivity contribution in [1.82, 2.24) is 10.6 Å². The van der Waals surface area contributed by atoms with Crippen LogP contribution < -0.4 is 10.6 Å². The van der Waals surface area contributed by atoms with Crippen LogP contribution in [-0.2, 0) is 14.3 Å². The summed E-state index contributed by atoms with van der Waals surface area (Å²) >= 11 is 5.39. The van der Waals surface area contributed by atoms with Crippen molar-refractivity contribution in [2.45, 2.75) is 83.8 Å².